The molecule has 3 amide bonds. The summed E-state index contributed by atoms with van der Waals surface area (Å²) in [6, 6.07) is -1.72. The Morgan fingerprint density at radius 2 is 2.05 bits per heavy atom. The van der Waals surface area contributed by atoms with E-state index in [0.29, 0.717) is 26.2 Å². The molecule has 0 aromatic rings. The van der Waals surface area contributed by atoms with Crippen LogP contribution in [-0.4, -0.2) is 48.8 Å². The molecule has 110 valence electrons. The van der Waals surface area contributed by atoms with Crippen molar-refractivity contribution in [2.24, 2.45) is 5.73 Å². The molecule has 0 aliphatic rings. The predicted molar refractivity (Wildman–Crippen MR) is 67.5 cm³/mol. The standard InChI is InChI=1S/C11H21N3O5/c1-2-19-7-3-6-13-11(18)14-8(10(16)17)4-5-9(12)15/h8H,2-7H2,1H3,(H2,12,15)(H,16,17)(H2,13,14,18)/t8-/m1/s1. The second kappa shape index (κ2) is 10.1. The van der Waals surface area contributed by atoms with E-state index < -0.39 is 23.9 Å². The largest absolute Gasteiger partial charge is 0.480 e. The van der Waals surface area contributed by atoms with Crippen molar-refractivity contribution in [3.05, 3.63) is 0 Å². The maximum absolute atomic E-state index is 11.4. The first kappa shape index (κ1) is 17.2. The van der Waals surface area contributed by atoms with Gasteiger partial charge in [-0.05, 0) is 19.8 Å². The van der Waals surface area contributed by atoms with Crippen molar-refractivity contribution in [3.8, 4) is 0 Å². The molecule has 0 aliphatic heterocycles. The van der Waals surface area contributed by atoms with Crippen LogP contribution in [0.4, 0.5) is 4.79 Å². The van der Waals surface area contributed by atoms with E-state index in [2.05, 4.69) is 10.6 Å². The van der Waals surface area contributed by atoms with Crippen molar-refractivity contribution in [1.29, 1.82) is 0 Å². The molecular weight excluding hydrogens is 254 g/mol. The number of amides is 3. The third-order valence-electron chi connectivity index (χ3n) is 2.24. The number of aliphatic carboxylic acids is 1. The highest BCUT2D eigenvalue weighted by atomic mass is 16.5. The zero-order chi connectivity index (χ0) is 14.7. The third kappa shape index (κ3) is 9.83. The molecule has 19 heavy (non-hydrogen) atoms. The average Bonchev–Trinajstić information content (AvgIpc) is 2.33. The number of hydrogen-bond donors (Lipinski definition) is 4. The van der Waals surface area contributed by atoms with Gasteiger partial charge in [-0.1, -0.05) is 0 Å². The van der Waals surface area contributed by atoms with Crippen LogP contribution in [0.15, 0.2) is 0 Å². The van der Waals surface area contributed by atoms with Crippen LogP contribution in [0, 0.1) is 0 Å². The van der Waals surface area contributed by atoms with Crippen molar-refractivity contribution < 1.29 is 24.2 Å². The molecule has 8 heteroatoms. The smallest absolute Gasteiger partial charge is 0.326 e. The summed E-state index contributed by atoms with van der Waals surface area (Å²) < 4.78 is 5.08. The van der Waals surface area contributed by atoms with Crippen LogP contribution in [-0.2, 0) is 14.3 Å². The predicted octanol–water partition coefficient (Wildman–Crippen LogP) is -0.569. The van der Waals surface area contributed by atoms with Crippen LogP contribution >= 0.6 is 0 Å². The lowest BCUT2D eigenvalue weighted by Crippen LogP contribution is -2.46. The average molecular weight is 275 g/mol. The van der Waals surface area contributed by atoms with Crippen LogP contribution in [0.5, 0.6) is 0 Å². The van der Waals surface area contributed by atoms with E-state index in [-0.39, 0.29) is 12.8 Å². The number of carboxylic acid groups (broad SMARTS) is 1. The highest BCUT2D eigenvalue weighted by molar-refractivity contribution is 5.83. The maximum atomic E-state index is 11.4. The second-order valence-corrected chi connectivity index (χ2v) is 3.85. The number of nitrogens with two attached hydrogens (primary N) is 1. The Morgan fingerprint density at radius 3 is 2.58 bits per heavy atom. The molecule has 0 saturated heterocycles. The summed E-state index contributed by atoms with van der Waals surface area (Å²) in [6.07, 6.45) is 0.513. The first-order valence-corrected chi connectivity index (χ1v) is 6.10. The Hall–Kier alpha value is -1.83. The molecule has 0 fully saturated rings. The monoisotopic (exact) mass is 275 g/mol. The topological polar surface area (TPSA) is 131 Å². The summed E-state index contributed by atoms with van der Waals surface area (Å²) in [4.78, 5) is 32.8. The van der Waals surface area contributed by atoms with Gasteiger partial charge >= 0.3 is 12.0 Å². The van der Waals surface area contributed by atoms with Crippen LogP contribution in [0.3, 0.4) is 0 Å². The van der Waals surface area contributed by atoms with Gasteiger partial charge in [0.1, 0.15) is 6.04 Å². The molecule has 5 N–H and O–H groups in total. The fraction of sp³-hybridized carbons (Fsp3) is 0.727. The zero-order valence-corrected chi connectivity index (χ0v) is 11.0. The van der Waals surface area contributed by atoms with E-state index in [0.717, 1.165) is 0 Å². The van der Waals surface area contributed by atoms with E-state index in [1.165, 1.54) is 0 Å². The van der Waals surface area contributed by atoms with Gasteiger partial charge in [-0.2, -0.15) is 0 Å². The minimum absolute atomic E-state index is 0.0307. The minimum Gasteiger partial charge on any atom is -0.480 e. The number of nitrogens with one attached hydrogen (secondary N) is 2. The number of carbonyl (C=O) groups excluding carboxylic acids is 2. The number of urea groups is 1. The van der Waals surface area contributed by atoms with Crippen LogP contribution in [0.2, 0.25) is 0 Å². The first-order valence-electron chi connectivity index (χ1n) is 6.10. The van der Waals surface area contributed by atoms with Gasteiger partial charge < -0.3 is 26.2 Å². The molecule has 0 aromatic carbocycles. The lowest BCUT2D eigenvalue weighted by atomic mass is 10.1. The number of hydrogen-bond acceptors (Lipinski definition) is 4. The van der Waals surface area contributed by atoms with Crippen LogP contribution in [0.1, 0.15) is 26.2 Å². The highest BCUT2D eigenvalue weighted by Gasteiger charge is 2.20. The molecule has 0 radical (unpaired) electrons. The van der Waals surface area contributed by atoms with Gasteiger partial charge in [0.25, 0.3) is 0 Å². The van der Waals surface area contributed by atoms with E-state index in [4.69, 9.17) is 15.6 Å². The molecule has 0 spiro atoms. The summed E-state index contributed by atoms with van der Waals surface area (Å²) in [5, 5.41) is 13.6. The van der Waals surface area contributed by atoms with E-state index in [1.54, 1.807) is 0 Å². The van der Waals surface area contributed by atoms with Gasteiger partial charge in [-0.3, -0.25) is 4.79 Å². The van der Waals surface area contributed by atoms with E-state index >= 15 is 0 Å². The molecule has 0 rings (SSSR count). The molecule has 0 saturated carbocycles. The van der Waals surface area contributed by atoms with Crippen molar-refractivity contribution in [2.75, 3.05) is 19.8 Å². The van der Waals surface area contributed by atoms with Gasteiger partial charge in [-0.25, -0.2) is 9.59 Å². The first-order chi connectivity index (χ1) is 8.97. The number of rotatable bonds is 10. The summed E-state index contributed by atoms with van der Waals surface area (Å²) in [5.41, 5.74) is 4.92. The Kier molecular flexibility index (Phi) is 9.15. The van der Waals surface area contributed by atoms with Crippen molar-refractivity contribution in [1.82, 2.24) is 10.6 Å². The molecule has 8 nitrogen and oxygen atoms in total. The fourth-order valence-corrected chi connectivity index (χ4v) is 1.27. The van der Waals surface area contributed by atoms with E-state index in [9.17, 15) is 14.4 Å². The van der Waals surface area contributed by atoms with Crippen molar-refractivity contribution >= 4 is 17.9 Å². The fourth-order valence-electron chi connectivity index (χ4n) is 1.27. The van der Waals surface area contributed by atoms with Gasteiger partial charge in [0, 0.05) is 26.2 Å². The normalized spacial score (nSPS) is 11.6. The SMILES string of the molecule is CCOCCCNC(=O)N[C@H](CCC(N)=O)C(=O)O. The van der Waals surface area contributed by atoms with Gasteiger partial charge in [0.15, 0.2) is 0 Å². The third-order valence-corrected chi connectivity index (χ3v) is 2.24. The Morgan fingerprint density at radius 1 is 1.37 bits per heavy atom. The van der Waals surface area contributed by atoms with Crippen LogP contribution < -0.4 is 16.4 Å². The molecule has 0 bridgehead atoms. The highest BCUT2D eigenvalue weighted by Crippen LogP contribution is 1.97. The number of ether oxygens (including phenoxy) is 1. The van der Waals surface area contributed by atoms with Crippen molar-refractivity contribution in [3.63, 3.8) is 0 Å². The molecule has 0 aromatic heterocycles. The Bertz CT molecular complexity index is 309. The molecule has 0 unspecified atom stereocenters. The molecule has 1 atom stereocenters. The summed E-state index contributed by atoms with van der Waals surface area (Å²) >= 11 is 0. The van der Waals surface area contributed by atoms with Crippen LogP contribution in [0.25, 0.3) is 0 Å². The summed E-state index contributed by atoms with van der Waals surface area (Å²) in [5.74, 6) is -1.81. The van der Waals surface area contributed by atoms with E-state index in [1.807, 2.05) is 6.92 Å². The lowest BCUT2D eigenvalue weighted by Gasteiger charge is -2.14. The Labute approximate surface area is 111 Å². The summed E-state index contributed by atoms with van der Waals surface area (Å²) in [7, 11) is 0. The Balaban J connectivity index is 3.90. The second-order valence-electron chi connectivity index (χ2n) is 3.85. The van der Waals surface area contributed by atoms with Gasteiger partial charge in [-0.15, -0.1) is 0 Å². The zero-order valence-electron chi connectivity index (χ0n) is 11.0. The molecular formula is C11H21N3O5. The maximum Gasteiger partial charge on any atom is 0.326 e. The summed E-state index contributed by atoms with van der Waals surface area (Å²) in [6.45, 7) is 3.39. The number of carbonyl (C=O) groups is 3. The number of carboxylic acids is 1. The molecule has 0 heterocycles. The van der Waals surface area contributed by atoms with Gasteiger partial charge in [0.05, 0.1) is 0 Å². The minimum atomic E-state index is -1.20. The number of primary amides is 1. The quantitative estimate of drug-likeness (QED) is 0.397. The lowest BCUT2D eigenvalue weighted by molar-refractivity contribution is -0.139. The molecule has 0 aliphatic carbocycles. The van der Waals surface area contributed by atoms with Gasteiger partial charge in [0.2, 0.25) is 5.91 Å². The van der Waals surface area contributed by atoms with Crippen molar-refractivity contribution in [2.45, 2.75) is 32.2 Å².